The molecule has 0 fully saturated rings. The minimum atomic E-state index is -0.728. The van der Waals surface area contributed by atoms with Gasteiger partial charge in [-0.15, -0.1) is 0 Å². The number of benzene rings is 1. The van der Waals surface area contributed by atoms with E-state index >= 15 is 0 Å². The molecule has 26 heavy (non-hydrogen) atoms. The lowest BCUT2D eigenvalue weighted by Crippen LogP contribution is -2.15. The first kappa shape index (κ1) is 17.8. The number of anilines is 1. The van der Waals surface area contributed by atoms with E-state index < -0.39 is 5.91 Å². The van der Waals surface area contributed by atoms with E-state index in [2.05, 4.69) is 10.3 Å². The fourth-order valence-corrected chi connectivity index (χ4v) is 2.92. The van der Waals surface area contributed by atoms with Crippen LogP contribution in [0.5, 0.6) is 0 Å². The Morgan fingerprint density at radius 2 is 2.08 bits per heavy atom. The number of hydrogen-bond donors (Lipinski definition) is 1. The lowest BCUT2D eigenvalue weighted by molar-refractivity contribution is -0.127. The van der Waals surface area contributed by atoms with Crippen molar-refractivity contribution in [2.24, 2.45) is 0 Å². The molecule has 0 atom stereocenters. The van der Waals surface area contributed by atoms with Crippen LogP contribution in [-0.4, -0.2) is 35.5 Å². The van der Waals surface area contributed by atoms with Gasteiger partial charge in [0.05, 0.1) is 12.3 Å². The maximum atomic E-state index is 13.2. The van der Waals surface area contributed by atoms with Gasteiger partial charge >= 0.3 is 0 Å². The van der Waals surface area contributed by atoms with Gasteiger partial charge in [0, 0.05) is 37.4 Å². The van der Waals surface area contributed by atoms with Gasteiger partial charge in [-0.3, -0.25) is 9.59 Å². The number of aromatic nitrogens is 2. The molecule has 6 nitrogen and oxygen atoms in total. The molecular weight excluding hydrogens is 337 g/mol. The molecule has 0 saturated carbocycles. The summed E-state index contributed by atoms with van der Waals surface area (Å²) in [4.78, 5) is 26.9. The number of hydrogen-bond acceptors (Lipinski definition) is 4. The Hall–Kier alpha value is -3.06. The third kappa shape index (κ3) is 3.62. The zero-order valence-corrected chi connectivity index (χ0v) is 14.2. The predicted molar refractivity (Wildman–Crippen MR) is 95.5 cm³/mol. The molecule has 0 radical (unpaired) electrons. The highest BCUT2D eigenvalue weighted by molar-refractivity contribution is 6.30. The molecule has 3 rings (SSSR count). The summed E-state index contributed by atoms with van der Waals surface area (Å²) in [5.41, 5.74) is 2.90. The zero-order chi connectivity index (χ0) is 18.5. The molecule has 2 heterocycles. The SMILES string of the molecule is COCCc1c(NC(=O)C=O)c2cccnc2n1Cc1ccc(F)cc1. The molecule has 0 spiro atoms. The number of nitrogens with zero attached hydrogens (tertiary/aromatic N) is 2. The van der Waals surface area contributed by atoms with E-state index in [1.165, 1.54) is 12.1 Å². The summed E-state index contributed by atoms with van der Waals surface area (Å²) in [6.45, 7) is 0.882. The van der Waals surface area contributed by atoms with Gasteiger partial charge in [-0.25, -0.2) is 9.37 Å². The highest BCUT2D eigenvalue weighted by Gasteiger charge is 2.19. The van der Waals surface area contributed by atoms with Gasteiger partial charge in [-0.2, -0.15) is 0 Å². The monoisotopic (exact) mass is 355 g/mol. The van der Waals surface area contributed by atoms with E-state index in [9.17, 15) is 14.0 Å². The number of fused-ring (bicyclic) bond motifs is 1. The normalized spacial score (nSPS) is 10.8. The highest BCUT2D eigenvalue weighted by Crippen LogP contribution is 2.31. The van der Waals surface area contributed by atoms with Crippen molar-refractivity contribution in [1.29, 1.82) is 0 Å². The van der Waals surface area contributed by atoms with Crippen LogP contribution in [0.4, 0.5) is 10.1 Å². The summed E-state index contributed by atoms with van der Waals surface area (Å²) in [7, 11) is 1.59. The van der Waals surface area contributed by atoms with Crippen LogP contribution in [0.25, 0.3) is 11.0 Å². The van der Waals surface area contributed by atoms with Crippen LogP contribution >= 0.6 is 0 Å². The Morgan fingerprint density at radius 3 is 2.77 bits per heavy atom. The van der Waals surface area contributed by atoms with Crippen molar-refractivity contribution in [3.8, 4) is 0 Å². The maximum absolute atomic E-state index is 13.2. The summed E-state index contributed by atoms with van der Waals surface area (Å²) >= 11 is 0. The van der Waals surface area contributed by atoms with Gasteiger partial charge in [0.15, 0.2) is 0 Å². The Labute approximate surface area is 149 Å². The molecule has 1 amide bonds. The third-order valence-corrected chi connectivity index (χ3v) is 4.08. The Bertz CT molecular complexity index is 935. The van der Waals surface area contributed by atoms with E-state index in [4.69, 9.17) is 4.74 Å². The molecule has 0 aliphatic rings. The Morgan fingerprint density at radius 1 is 1.31 bits per heavy atom. The minimum absolute atomic E-state index is 0.236. The Balaban J connectivity index is 2.13. The zero-order valence-electron chi connectivity index (χ0n) is 14.2. The molecule has 1 aromatic carbocycles. The van der Waals surface area contributed by atoms with Gasteiger partial charge in [-0.1, -0.05) is 12.1 Å². The number of amides is 1. The van der Waals surface area contributed by atoms with Gasteiger partial charge in [-0.05, 0) is 29.8 Å². The third-order valence-electron chi connectivity index (χ3n) is 4.08. The van der Waals surface area contributed by atoms with Crippen LogP contribution in [0, 0.1) is 5.82 Å². The van der Waals surface area contributed by atoms with Crippen molar-refractivity contribution in [1.82, 2.24) is 9.55 Å². The van der Waals surface area contributed by atoms with E-state index in [0.29, 0.717) is 30.9 Å². The number of carbonyl (C=O) groups is 2. The van der Waals surface area contributed by atoms with Gasteiger partial charge in [0.25, 0.3) is 5.91 Å². The average molecular weight is 355 g/mol. The summed E-state index contributed by atoms with van der Waals surface area (Å²) in [6, 6.07) is 9.81. The van der Waals surface area contributed by atoms with Crippen molar-refractivity contribution in [2.45, 2.75) is 13.0 Å². The van der Waals surface area contributed by atoms with E-state index in [0.717, 1.165) is 16.6 Å². The lowest BCUT2D eigenvalue weighted by Gasteiger charge is -2.12. The van der Waals surface area contributed by atoms with Gasteiger partial charge < -0.3 is 14.6 Å². The number of carbonyl (C=O) groups excluding carboxylic acids is 2. The molecular formula is C19H18FN3O3. The summed E-state index contributed by atoms with van der Waals surface area (Å²) < 4.78 is 20.3. The van der Waals surface area contributed by atoms with Crippen molar-refractivity contribution in [3.63, 3.8) is 0 Å². The number of pyridine rings is 1. The van der Waals surface area contributed by atoms with Gasteiger partial charge in [0.2, 0.25) is 6.29 Å². The maximum Gasteiger partial charge on any atom is 0.288 e. The number of halogens is 1. The number of ether oxygens (including phenoxy) is 1. The fraction of sp³-hybridized carbons (Fsp3) is 0.211. The second-order valence-corrected chi connectivity index (χ2v) is 5.76. The lowest BCUT2D eigenvalue weighted by atomic mass is 10.2. The van der Waals surface area contributed by atoms with Crippen molar-refractivity contribution in [2.75, 3.05) is 19.0 Å². The molecule has 0 unspecified atom stereocenters. The van der Waals surface area contributed by atoms with Gasteiger partial charge in [0.1, 0.15) is 11.5 Å². The summed E-state index contributed by atoms with van der Waals surface area (Å²) in [5.74, 6) is -1.03. The minimum Gasteiger partial charge on any atom is -0.384 e. The average Bonchev–Trinajstić information content (AvgIpc) is 2.94. The van der Waals surface area contributed by atoms with Crippen LogP contribution in [0.2, 0.25) is 0 Å². The molecule has 0 aliphatic carbocycles. The van der Waals surface area contributed by atoms with Crippen LogP contribution in [0.15, 0.2) is 42.6 Å². The van der Waals surface area contributed by atoms with Crippen LogP contribution in [0.3, 0.4) is 0 Å². The second kappa shape index (κ2) is 7.88. The van der Waals surface area contributed by atoms with E-state index in [-0.39, 0.29) is 12.1 Å². The number of nitrogens with one attached hydrogen (secondary N) is 1. The first-order chi connectivity index (χ1) is 12.6. The molecule has 0 bridgehead atoms. The van der Waals surface area contributed by atoms with E-state index in [1.54, 1.807) is 31.5 Å². The van der Waals surface area contributed by atoms with Crippen LogP contribution in [0.1, 0.15) is 11.3 Å². The second-order valence-electron chi connectivity index (χ2n) is 5.76. The summed E-state index contributed by atoms with van der Waals surface area (Å²) in [6.07, 6.45) is 2.41. The first-order valence-electron chi connectivity index (χ1n) is 8.09. The molecule has 2 aromatic heterocycles. The molecule has 0 aliphatic heterocycles. The van der Waals surface area contributed by atoms with Crippen molar-refractivity contribution < 1.29 is 18.7 Å². The molecule has 1 N–H and O–H groups in total. The number of rotatable bonds is 7. The molecule has 0 saturated heterocycles. The standard InChI is InChI=1S/C19H18FN3O3/c1-26-10-8-16-18(22-17(25)12-24)15-3-2-9-21-19(15)23(16)11-13-4-6-14(20)7-5-13/h2-7,9,12H,8,10-11H2,1H3,(H,22,25). The van der Waals surface area contributed by atoms with Crippen LogP contribution < -0.4 is 5.32 Å². The quantitative estimate of drug-likeness (QED) is 0.522. The number of methoxy groups -OCH3 is 1. The van der Waals surface area contributed by atoms with Crippen molar-refractivity contribution >= 4 is 28.9 Å². The largest absolute Gasteiger partial charge is 0.384 e. The van der Waals surface area contributed by atoms with E-state index in [1.807, 2.05) is 10.6 Å². The Kier molecular flexibility index (Phi) is 5.38. The first-order valence-corrected chi connectivity index (χ1v) is 8.09. The summed E-state index contributed by atoms with van der Waals surface area (Å²) in [5, 5.41) is 3.38. The molecule has 134 valence electrons. The fourth-order valence-electron chi connectivity index (χ4n) is 2.92. The molecule has 7 heteroatoms. The molecule has 3 aromatic rings. The van der Waals surface area contributed by atoms with Crippen molar-refractivity contribution in [3.05, 3.63) is 59.7 Å². The predicted octanol–water partition coefficient (Wildman–Crippen LogP) is 2.55. The number of aldehydes is 1. The topological polar surface area (TPSA) is 73.2 Å². The highest BCUT2D eigenvalue weighted by atomic mass is 19.1. The van der Waals surface area contributed by atoms with Crippen LogP contribution in [-0.2, 0) is 27.3 Å². The smallest absolute Gasteiger partial charge is 0.288 e.